The lowest BCUT2D eigenvalue weighted by molar-refractivity contribution is 0.531. The van der Waals surface area contributed by atoms with Crippen molar-refractivity contribution in [3.8, 4) is 0 Å². The highest BCUT2D eigenvalue weighted by atomic mass is 15.0. The number of nitrogens with zero attached hydrogens (tertiary/aromatic N) is 1. The summed E-state index contributed by atoms with van der Waals surface area (Å²) in [7, 11) is 0. The number of aromatic nitrogens is 2. The average molecular weight is 215 g/mol. The number of aromatic amines is 1. The van der Waals surface area contributed by atoms with Gasteiger partial charge in [0.2, 0.25) is 0 Å². The maximum atomic E-state index is 4.59. The van der Waals surface area contributed by atoms with Gasteiger partial charge >= 0.3 is 0 Å². The Kier molecular flexibility index (Phi) is 2.40. The lowest BCUT2D eigenvalue weighted by Crippen LogP contribution is -2.21. The topological polar surface area (TPSA) is 40.7 Å². The number of benzene rings is 1. The van der Waals surface area contributed by atoms with Crippen LogP contribution in [0.1, 0.15) is 31.6 Å². The molecule has 1 atom stereocenters. The number of hydrogen-bond donors (Lipinski definition) is 2. The van der Waals surface area contributed by atoms with Crippen LogP contribution >= 0.6 is 0 Å². The van der Waals surface area contributed by atoms with Crippen LogP contribution in [0.25, 0.3) is 11.0 Å². The number of rotatable bonds is 4. The minimum Gasteiger partial charge on any atom is -0.341 e. The Hall–Kier alpha value is -1.35. The minimum atomic E-state index is 0.313. The molecule has 1 fully saturated rings. The van der Waals surface area contributed by atoms with Crippen molar-refractivity contribution >= 4 is 11.0 Å². The maximum absolute atomic E-state index is 4.59. The van der Waals surface area contributed by atoms with Crippen molar-refractivity contribution in [3.63, 3.8) is 0 Å². The van der Waals surface area contributed by atoms with Crippen LogP contribution in [0.2, 0.25) is 0 Å². The predicted octanol–water partition coefficient (Wildman–Crippen LogP) is 2.62. The van der Waals surface area contributed by atoms with E-state index in [2.05, 4.69) is 28.3 Å². The molecule has 2 N–H and O–H groups in total. The van der Waals surface area contributed by atoms with Crippen LogP contribution in [0.15, 0.2) is 24.3 Å². The zero-order chi connectivity index (χ0) is 11.0. The van der Waals surface area contributed by atoms with Gasteiger partial charge in [-0.05, 0) is 44.4 Å². The Labute approximate surface area is 95.3 Å². The summed E-state index contributed by atoms with van der Waals surface area (Å²) in [6.45, 7) is 3.29. The second-order valence-electron chi connectivity index (χ2n) is 4.71. The van der Waals surface area contributed by atoms with Crippen LogP contribution in [0.4, 0.5) is 0 Å². The normalized spacial score (nSPS) is 17.8. The third-order valence-electron chi connectivity index (χ3n) is 3.23. The van der Waals surface area contributed by atoms with Gasteiger partial charge in [-0.3, -0.25) is 0 Å². The van der Waals surface area contributed by atoms with E-state index in [9.17, 15) is 0 Å². The van der Waals surface area contributed by atoms with Gasteiger partial charge in [-0.25, -0.2) is 4.98 Å². The molecule has 1 aromatic heterocycles. The smallest absolute Gasteiger partial charge is 0.124 e. The summed E-state index contributed by atoms with van der Waals surface area (Å²) in [5.41, 5.74) is 2.18. The van der Waals surface area contributed by atoms with Crippen molar-refractivity contribution in [2.45, 2.75) is 25.8 Å². The van der Waals surface area contributed by atoms with Crippen molar-refractivity contribution in [3.05, 3.63) is 30.1 Å². The first-order chi connectivity index (χ1) is 7.83. The first-order valence-corrected chi connectivity index (χ1v) is 6.01. The fraction of sp³-hybridized carbons (Fsp3) is 0.462. The lowest BCUT2D eigenvalue weighted by atomic mass is 10.3. The molecule has 3 rings (SSSR count). The molecule has 0 radical (unpaired) electrons. The number of nitrogens with one attached hydrogen (secondary N) is 2. The van der Waals surface area contributed by atoms with E-state index in [1.54, 1.807) is 0 Å². The molecule has 84 valence electrons. The van der Waals surface area contributed by atoms with Gasteiger partial charge < -0.3 is 10.3 Å². The molecular formula is C13H17N3. The Morgan fingerprint density at radius 1 is 1.44 bits per heavy atom. The summed E-state index contributed by atoms with van der Waals surface area (Å²) < 4.78 is 0. The van der Waals surface area contributed by atoms with Crippen molar-refractivity contribution < 1.29 is 0 Å². The number of H-pyrrole nitrogens is 1. The van der Waals surface area contributed by atoms with Gasteiger partial charge in [0.1, 0.15) is 5.82 Å². The molecule has 0 spiro atoms. The Bertz CT molecular complexity index is 452. The molecule has 0 saturated heterocycles. The zero-order valence-electron chi connectivity index (χ0n) is 9.53. The summed E-state index contributed by atoms with van der Waals surface area (Å²) >= 11 is 0. The number of hydrogen-bond acceptors (Lipinski definition) is 2. The van der Waals surface area contributed by atoms with Crippen LogP contribution < -0.4 is 5.32 Å². The van der Waals surface area contributed by atoms with Gasteiger partial charge in [-0.1, -0.05) is 12.1 Å². The minimum absolute atomic E-state index is 0.313. The Morgan fingerprint density at radius 2 is 2.25 bits per heavy atom. The first-order valence-electron chi connectivity index (χ1n) is 6.01. The van der Waals surface area contributed by atoms with Crippen LogP contribution in [0, 0.1) is 5.92 Å². The second kappa shape index (κ2) is 3.91. The summed E-state index contributed by atoms with van der Waals surface area (Å²) in [6.07, 6.45) is 2.78. The van der Waals surface area contributed by atoms with Gasteiger partial charge in [-0.15, -0.1) is 0 Å². The first kappa shape index (κ1) is 9.85. The van der Waals surface area contributed by atoms with Gasteiger partial charge in [0, 0.05) is 0 Å². The maximum Gasteiger partial charge on any atom is 0.124 e. The largest absolute Gasteiger partial charge is 0.341 e. The van der Waals surface area contributed by atoms with Gasteiger partial charge in [0.25, 0.3) is 0 Å². The van der Waals surface area contributed by atoms with E-state index < -0.39 is 0 Å². The van der Waals surface area contributed by atoms with E-state index in [0.29, 0.717) is 6.04 Å². The second-order valence-corrected chi connectivity index (χ2v) is 4.71. The molecule has 0 amide bonds. The van der Waals surface area contributed by atoms with Gasteiger partial charge in [0.05, 0.1) is 17.1 Å². The Morgan fingerprint density at radius 3 is 3.00 bits per heavy atom. The summed E-state index contributed by atoms with van der Waals surface area (Å²) in [5.74, 6) is 1.95. The summed E-state index contributed by atoms with van der Waals surface area (Å²) in [6, 6.07) is 8.48. The molecule has 1 unspecified atom stereocenters. The molecule has 0 aliphatic heterocycles. The number of fused-ring (bicyclic) bond motifs is 1. The van der Waals surface area contributed by atoms with Crippen LogP contribution in [-0.4, -0.2) is 16.5 Å². The molecule has 1 aliphatic carbocycles. The zero-order valence-corrected chi connectivity index (χ0v) is 9.53. The molecule has 1 heterocycles. The van der Waals surface area contributed by atoms with Crippen LogP contribution in [0.3, 0.4) is 0 Å². The molecule has 3 nitrogen and oxygen atoms in total. The number of imidazole rings is 1. The van der Waals surface area contributed by atoms with Gasteiger partial charge in [0.15, 0.2) is 0 Å². The third-order valence-corrected chi connectivity index (χ3v) is 3.23. The highest BCUT2D eigenvalue weighted by Gasteiger charge is 2.22. The molecule has 2 aromatic rings. The monoisotopic (exact) mass is 215 g/mol. The van der Waals surface area contributed by atoms with Crippen molar-refractivity contribution in [2.24, 2.45) is 5.92 Å². The molecule has 1 aliphatic rings. The summed E-state index contributed by atoms with van der Waals surface area (Å²) in [4.78, 5) is 7.96. The molecular weight excluding hydrogens is 198 g/mol. The SMILES string of the molecule is CC(NCC1CC1)c1nc2ccccc2[nH]1. The van der Waals surface area contributed by atoms with E-state index in [-0.39, 0.29) is 0 Å². The predicted molar refractivity (Wildman–Crippen MR) is 65.2 cm³/mol. The van der Waals surface area contributed by atoms with E-state index in [0.717, 1.165) is 29.3 Å². The fourth-order valence-corrected chi connectivity index (χ4v) is 1.94. The lowest BCUT2D eigenvalue weighted by Gasteiger charge is -2.09. The van der Waals surface area contributed by atoms with Crippen molar-refractivity contribution in [1.82, 2.24) is 15.3 Å². The Balaban J connectivity index is 1.76. The molecule has 1 saturated carbocycles. The molecule has 3 heteroatoms. The van der Waals surface area contributed by atoms with Crippen molar-refractivity contribution in [2.75, 3.05) is 6.54 Å². The molecule has 16 heavy (non-hydrogen) atoms. The third kappa shape index (κ3) is 1.95. The van der Waals surface area contributed by atoms with E-state index in [4.69, 9.17) is 0 Å². The van der Waals surface area contributed by atoms with E-state index >= 15 is 0 Å². The standard InChI is InChI=1S/C13H17N3/c1-9(14-8-10-6-7-10)13-15-11-4-2-3-5-12(11)16-13/h2-5,9-10,14H,6-8H2,1H3,(H,15,16). The highest BCUT2D eigenvalue weighted by molar-refractivity contribution is 5.74. The van der Waals surface area contributed by atoms with Gasteiger partial charge in [-0.2, -0.15) is 0 Å². The molecule has 0 bridgehead atoms. The van der Waals surface area contributed by atoms with Crippen LogP contribution in [0.5, 0.6) is 0 Å². The quantitative estimate of drug-likeness (QED) is 0.823. The fourth-order valence-electron chi connectivity index (χ4n) is 1.94. The summed E-state index contributed by atoms with van der Waals surface area (Å²) in [5, 5.41) is 3.53. The van der Waals surface area contributed by atoms with E-state index in [1.807, 2.05) is 18.2 Å². The molecule has 1 aromatic carbocycles. The van der Waals surface area contributed by atoms with E-state index in [1.165, 1.54) is 12.8 Å². The van der Waals surface area contributed by atoms with Crippen molar-refractivity contribution in [1.29, 1.82) is 0 Å². The average Bonchev–Trinajstić information content (AvgIpc) is 3.02. The number of para-hydroxylation sites is 2. The highest BCUT2D eigenvalue weighted by Crippen LogP contribution is 2.28. The van der Waals surface area contributed by atoms with Crippen LogP contribution in [-0.2, 0) is 0 Å².